The summed E-state index contributed by atoms with van der Waals surface area (Å²) in [4.78, 5) is 28.1. The van der Waals surface area contributed by atoms with E-state index in [0.29, 0.717) is 17.1 Å². The van der Waals surface area contributed by atoms with Gasteiger partial charge in [0.05, 0.1) is 25.0 Å². The summed E-state index contributed by atoms with van der Waals surface area (Å²) in [5.74, 6) is 1.14. The molecule has 0 bridgehead atoms. The van der Waals surface area contributed by atoms with Gasteiger partial charge >= 0.3 is 5.88 Å². The number of carbonyl (C=O) groups is 2. The predicted octanol–water partition coefficient (Wildman–Crippen LogP) is 0.756. The number of amides is 1. The van der Waals surface area contributed by atoms with Gasteiger partial charge in [0.25, 0.3) is 6.20 Å². The molecule has 1 aromatic heterocycles. The van der Waals surface area contributed by atoms with E-state index in [1.807, 2.05) is 5.01 Å². The van der Waals surface area contributed by atoms with Crippen LogP contribution in [0.15, 0.2) is 35.0 Å². The molecule has 1 saturated heterocycles. The highest BCUT2D eigenvalue weighted by Crippen LogP contribution is 2.17. The van der Waals surface area contributed by atoms with Crippen molar-refractivity contribution in [3.8, 4) is 5.75 Å². The van der Waals surface area contributed by atoms with E-state index in [1.54, 1.807) is 42.4 Å². The van der Waals surface area contributed by atoms with E-state index >= 15 is 0 Å². The van der Waals surface area contributed by atoms with Gasteiger partial charge in [0.2, 0.25) is 16.3 Å². The summed E-state index contributed by atoms with van der Waals surface area (Å²) in [6, 6.07) is 6.89. The number of aromatic nitrogens is 2. The number of methoxy groups -OCH3 is 1. The number of nitrogens with one attached hydrogen (secondary N) is 1. The van der Waals surface area contributed by atoms with E-state index in [0.717, 1.165) is 37.9 Å². The minimum Gasteiger partial charge on any atom is -0.497 e. The minimum absolute atomic E-state index is 0.0805. The fourth-order valence-electron chi connectivity index (χ4n) is 2.67. The Bertz CT molecular complexity index is 803. The number of hydrogen-bond acceptors (Lipinski definition) is 8. The van der Waals surface area contributed by atoms with Crippen molar-refractivity contribution in [3.63, 3.8) is 0 Å². The second-order valence-electron chi connectivity index (χ2n) is 6.41. The lowest BCUT2D eigenvalue weighted by atomic mass is 10.2. The Morgan fingerprint density at radius 1 is 1.25 bits per heavy atom. The van der Waals surface area contributed by atoms with Gasteiger partial charge in [-0.25, -0.2) is 0 Å². The summed E-state index contributed by atoms with van der Waals surface area (Å²) >= 11 is 1.11. The molecule has 1 aliphatic rings. The van der Waals surface area contributed by atoms with E-state index in [4.69, 9.17) is 9.26 Å². The molecule has 1 aliphatic heterocycles. The molecule has 0 spiro atoms. The van der Waals surface area contributed by atoms with E-state index in [-0.39, 0.29) is 23.3 Å². The van der Waals surface area contributed by atoms with E-state index in [9.17, 15) is 9.59 Å². The van der Waals surface area contributed by atoms with Crippen molar-refractivity contribution in [2.75, 3.05) is 56.4 Å². The minimum atomic E-state index is -0.225. The lowest BCUT2D eigenvalue weighted by Gasteiger charge is -2.26. The first-order chi connectivity index (χ1) is 13.5. The molecule has 0 saturated carbocycles. The van der Waals surface area contributed by atoms with Crippen LogP contribution in [-0.2, 0) is 4.79 Å². The topological polar surface area (TPSA) is 91.8 Å². The molecule has 2 heterocycles. The second-order valence-corrected chi connectivity index (χ2v) is 7.47. The summed E-state index contributed by atoms with van der Waals surface area (Å²) < 4.78 is 10.2. The maximum absolute atomic E-state index is 12.1. The van der Waals surface area contributed by atoms with E-state index in [2.05, 4.69) is 22.5 Å². The van der Waals surface area contributed by atoms with Gasteiger partial charge in [0.15, 0.2) is 0 Å². The van der Waals surface area contributed by atoms with Crippen LogP contribution >= 0.6 is 11.8 Å². The first-order valence-corrected chi connectivity index (χ1v) is 9.97. The van der Waals surface area contributed by atoms with Crippen molar-refractivity contribution in [1.29, 1.82) is 0 Å². The van der Waals surface area contributed by atoms with Crippen LogP contribution in [0.5, 0.6) is 5.75 Å². The first-order valence-electron chi connectivity index (χ1n) is 8.98. The highest BCUT2D eigenvalue weighted by molar-refractivity contribution is 8.14. The molecule has 0 atom stereocenters. The highest BCUT2D eigenvalue weighted by Gasteiger charge is 2.25. The Balaban J connectivity index is 1.41. The molecule has 28 heavy (non-hydrogen) atoms. The highest BCUT2D eigenvalue weighted by atomic mass is 32.2. The van der Waals surface area contributed by atoms with Crippen molar-refractivity contribution >= 4 is 28.7 Å². The third-order valence-corrected chi connectivity index (χ3v) is 5.28. The largest absolute Gasteiger partial charge is 0.497 e. The lowest BCUT2D eigenvalue weighted by molar-refractivity contribution is -0.759. The molecule has 0 unspecified atom stereocenters. The number of carbonyl (C=O) groups excluding carboxylic acids is 2. The summed E-state index contributed by atoms with van der Waals surface area (Å²) in [7, 11) is 3.65. The maximum atomic E-state index is 12.1. The fourth-order valence-corrected chi connectivity index (χ4v) is 3.45. The van der Waals surface area contributed by atoms with Gasteiger partial charge in [-0.2, -0.15) is 5.01 Å². The normalized spacial score (nSPS) is 14.7. The van der Waals surface area contributed by atoms with Crippen LogP contribution in [0.1, 0.15) is 16.8 Å². The molecule has 1 amide bonds. The van der Waals surface area contributed by atoms with Crippen molar-refractivity contribution in [3.05, 3.63) is 36.0 Å². The number of hydrogen-bond donors (Lipinski definition) is 1. The number of nitrogens with zero attached hydrogens (tertiary/aromatic N) is 4. The Morgan fingerprint density at radius 3 is 2.64 bits per heavy atom. The van der Waals surface area contributed by atoms with Crippen molar-refractivity contribution in [1.82, 2.24) is 10.2 Å². The van der Waals surface area contributed by atoms with Gasteiger partial charge in [-0.15, -0.1) is 0 Å². The first kappa shape index (κ1) is 20.2. The van der Waals surface area contributed by atoms with Crippen molar-refractivity contribution in [2.45, 2.75) is 6.42 Å². The molecule has 1 aromatic carbocycles. The number of piperazine rings is 1. The third kappa shape index (κ3) is 5.46. The SMILES string of the molecule is COc1ccc(C(=O)SCCC(=O)Nc2c[n+](N3CCN(C)CC3)no2)cc1. The molecule has 9 nitrogen and oxygen atoms in total. The number of anilines is 1. The monoisotopic (exact) mass is 406 g/mol. The Kier molecular flexibility index (Phi) is 6.88. The number of rotatable bonds is 7. The van der Waals surface area contributed by atoms with Crippen LogP contribution < -0.4 is 19.9 Å². The van der Waals surface area contributed by atoms with Crippen LogP contribution in [0.25, 0.3) is 0 Å². The van der Waals surface area contributed by atoms with Gasteiger partial charge in [-0.05, 0) is 31.3 Å². The van der Waals surface area contributed by atoms with Crippen molar-refractivity contribution < 1.29 is 23.6 Å². The quantitative estimate of drug-likeness (QED) is 0.674. The van der Waals surface area contributed by atoms with Crippen LogP contribution in [0, 0.1) is 0 Å². The van der Waals surface area contributed by atoms with Gasteiger partial charge in [0.1, 0.15) is 5.75 Å². The molecule has 0 radical (unpaired) electrons. The van der Waals surface area contributed by atoms with Gasteiger partial charge in [-0.1, -0.05) is 11.8 Å². The molecule has 150 valence electrons. The number of ether oxygens (including phenoxy) is 1. The smallest absolute Gasteiger partial charge is 0.305 e. The van der Waals surface area contributed by atoms with Gasteiger partial charge < -0.3 is 9.64 Å². The van der Waals surface area contributed by atoms with E-state index in [1.165, 1.54) is 0 Å². The van der Waals surface area contributed by atoms with Crippen molar-refractivity contribution in [2.24, 2.45) is 0 Å². The Hall–Kier alpha value is -2.59. The Labute approximate surface area is 167 Å². The summed E-state index contributed by atoms with van der Waals surface area (Å²) in [5, 5.41) is 8.58. The zero-order valence-corrected chi connectivity index (χ0v) is 16.8. The molecule has 1 N–H and O–H groups in total. The fraction of sp³-hybridized carbons (Fsp3) is 0.444. The average Bonchev–Trinajstić information content (AvgIpc) is 3.16. The zero-order valence-electron chi connectivity index (χ0n) is 16.0. The molecule has 0 aliphatic carbocycles. The number of benzene rings is 1. The molecule has 10 heteroatoms. The summed E-state index contributed by atoms with van der Waals surface area (Å²) in [6.45, 7) is 3.57. The van der Waals surface area contributed by atoms with Crippen LogP contribution in [0.4, 0.5) is 5.88 Å². The Morgan fingerprint density at radius 2 is 1.96 bits per heavy atom. The molecule has 1 fully saturated rings. The predicted molar refractivity (Wildman–Crippen MR) is 105 cm³/mol. The molecule has 2 aromatic rings. The van der Waals surface area contributed by atoms with Gasteiger partial charge in [0, 0.05) is 30.8 Å². The molecular formula is C18H24N5O4S+. The van der Waals surface area contributed by atoms with Crippen LogP contribution in [0.2, 0.25) is 0 Å². The second kappa shape index (κ2) is 9.56. The third-order valence-electron chi connectivity index (χ3n) is 4.38. The van der Waals surface area contributed by atoms with Crippen LogP contribution in [0.3, 0.4) is 0 Å². The van der Waals surface area contributed by atoms with Gasteiger partial charge in [-0.3, -0.25) is 19.4 Å². The zero-order chi connectivity index (χ0) is 19.9. The van der Waals surface area contributed by atoms with E-state index < -0.39 is 0 Å². The lowest BCUT2D eigenvalue weighted by Crippen LogP contribution is -2.64. The summed E-state index contributed by atoms with van der Waals surface area (Å²) in [5.41, 5.74) is 0.578. The number of thioether (sulfide) groups is 1. The molecular weight excluding hydrogens is 382 g/mol. The van der Waals surface area contributed by atoms with Crippen LogP contribution in [-0.4, -0.2) is 67.3 Å². The summed E-state index contributed by atoms with van der Waals surface area (Å²) in [6.07, 6.45) is 1.85. The molecule has 3 rings (SSSR count). The number of likely N-dealkylation sites (N-methyl/N-ethyl adjacent to an activating group) is 1. The average molecular weight is 406 g/mol. The standard InChI is InChI=1S/C18H23N5O4S/c1-21-8-10-22(11-9-21)23-13-17(27-20-23)19-16(24)7-12-28-18(25)14-3-5-15(26-2)6-4-14/h3-6,13H,7-12H2,1-2H3/p+1. The maximum Gasteiger partial charge on any atom is 0.305 e.